The fraction of sp³-hybridized carbons (Fsp3) is 0.500. The van der Waals surface area contributed by atoms with Gasteiger partial charge in [-0.05, 0) is 25.0 Å². The number of nitrogens with zero attached hydrogens (tertiary/aromatic N) is 4. The Labute approximate surface area is 175 Å². The van der Waals surface area contributed by atoms with Crippen LogP contribution < -0.4 is 5.32 Å². The third-order valence-electron chi connectivity index (χ3n) is 5.85. The van der Waals surface area contributed by atoms with Crippen molar-refractivity contribution in [2.75, 3.05) is 11.9 Å². The smallest absolute Gasteiger partial charge is 0.245 e. The molecule has 8 heteroatoms. The van der Waals surface area contributed by atoms with Crippen LogP contribution in [0.2, 0.25) is 0 Å². The summed E-state index contributed by atoms with van der Waals surface area (Å²) >= 11 is 0. The Hall–Kier alpha value is -3.03. The first kappa shape index (κ1) is 20.3. The van der Waals surface area contributed by atoms with E-state index in [-0.39, 0.29) is 35.6 Å². The first-order chi connectivity index (χ1) is 14.3. The minimum atomic E-state index is -0.423. The summed E-state index contributed by atoms with van der Waals surface area (Å²) in [7, 11) is 0. The van der Waals surface area contributed by atoms with Crippen LogP contribution in [0.4, 0.5) is 5.82 Å². The van der Waals surface area contributed by atoms with E-state index in [2.05, 4.69) is 15.4 Å². The molecule has 1 saturated heterocycles. The number of anilines is 1. The Balaban J connectivity index is 1.55. The molecular weight excluding hydrogens is 382 g/mol. The van der Waals surface area contributed by atoms with Gasteiger partial charge in [-0.25, -0.2) is 4.98 Å². The van der Waals surface area contributed by atoms with E-state index >= 15 is 0 Å². The lowest BCUT2D eigenvalue weighted by Crippen LogP contribution is -2.38. The second kappa shape index (κ2) is 7.66. The fourth-order valence-corrected chi connectivity index (χ4v) is 4.20. The Kier molecular flexibility index (Phi) is 5.17. The summed E-state index contributed by atoms with van der Waals surface area (Å²) in [5, 5.41) is 7.44. The van der Waals surface area contributed by atoms with Gasteiger partial charge in [0.1, 0.15) is 12.4 Å². The van der Waals surface area contributed by atoms with E-state index in [0.717, 1.165) is 36.3 Å². The summed E-state index contributed by atoms with van der Waals surface area (Å²) in [5.74, 6) is -0.339. The number of carbonyl (C=O) groups is 3. The molecule has 1 N–H and O–H groups in total. The highest BCUT2D eigenvalue weighted by atomic mass is 16.2. The van der Waals surface area contributed by atoms with E-state index in [9.17, 15) is 14.4 Å². The third-order valence-corrected chi connectivity index (χ3v) is 5.85. The number of fused-ring (bicyclic) bond motifs is 1. The third kappa shape index (κ3) is 3.74. The minimum Gasteiger partial charge on any atom is -0.309 e. The van der Waals surface area contributed by atoms with E-state index < -0.39 is 5.91 Å². The highest BCUT2D eigenvalue weighted by Gasteiger charge is 2.48. The molecule has 2 aromatic heterocycles. The number of carbonyl (C=O) groups excluding carboxylic acids is 3. The molecule has 4 rings (SSSR count). The van der Waals surface area contributed by atoms with Crippen molar-refractivity contribution in [3.63, 3.8) is 0 Å². The van der Waals surface area contributed by atoms with Gasteiger partial charge in [-0.1, -0.05) is 39.7 Å². The molecule has 1 aliphatic heterocycles. The summed E-state index contributed by atoms with van der Waals surface area (Å²) in [5.41, 5.74) is 0.568. The van der Waals surface area contributed by atoms with E-state index in [1.54, 1.807) is 29.1 Å². The number of hydrogen-bond donors (Lipinski definition) is 1. The van der Waals surface area contributed by atoms with Gasteiger partial charge in [0.05, 0.1) is 17.5 Å². The molecule has 8 nitrogen and oxygen atoms in total. The van der Waals surface area contributed by atoms with Gasteiger partial charge in [-0.15, -0.1) is 0 Å². The number of hydrogen-bond acceptors (Lipinski definition) is 5. The summed E-state index contributed by atoms with van der Waals surface area (Å²) in [6.45, 7) is 5.83. The second-order valence-electron chi connectivity index (χ2n) is 9.07. The normalized spacial score (nSPS) is 21.6. The van der Waals surface area contributed by atoms with Crippen LogP contribution in [0, 0.1) is 11.8 Å². The molecule has 158 valence electrons. The molecule has 0 bridgehead atoms. The standard InChI is InChI=1S/C22H27N5O3/c1-22(2,3)16-12-18(27(25-16)17-10-6-7-11-23-17)24-19(28)13-26-20(29)14-8-4-5-9-15(14)21(26)30/h6-7,10-12,14-15H,4-5,8-9,13H2,1-3H3,(H,24,28). The van der Waals surface area contributed by atoms with E-state index in [1.807, 2.05) is 26.8 Å². The van der Waals surface area contributed by atoms with Crippen LogP contribution in [0.3, 0.4) is 0 Å². The lowest BCUT2D eigenvalue weighted by molar-refractivity contribution is -0.142. The Morgan fingerprint density at radius 2 is 1.80 bits per heavy atom. The number of nitrogens with one attached hydrogen (secondary N) is 1. The lowest BCUT2D eigenvalue weighted by Gasteiger charge is -2.19. The molecule has 1 aliphatic carbocycles. The zero-order chi connectivity index (χ0) is 21.5. The molecule has 2 aliphatic rings. The van der Waals surface area contributed by atoms with Crippen LogP contribution in [-0.4, -0.2) is 43.9 Å². The van der Waals surface area contributed by atoms with Crippen LogP contribution >= 0.6 is 0 Å². The fourth-order valence-electron chi connectivity index (χ4n) is 4.20. The number of rotatable bonds is 4. The van der Waals surface area contributed by atoms with Crippen molar-refractivity contribution >= 4 is 23.5 Å². The largest absolute Gasteiger partial charge is 0.309 e. The molecule has 2 unspecified atom stereocenters. The highest BCUT2D eigenvalue weighted by molar-refractivity contribution is 6.08. The van der Waals surface area contributed by atoms with Gasteiger partial charge in [0.15, 0.2) is 5.82 Å². The van der Waals surface area contributed by atoms with Crippen LogP contribution in [0.15, 0.2) is 30.5 Å². The maximum absolute atomic E-state index is 12.8. The number of aromatic nitrogens is 3. The van der Waals surface area contributed by atoms with E-state index in [4.69, 9.17) is 0 Å². The van der Waals surface area contributed by atoms with Crippen molar-refractivity contribution in [1.82, 2.24) is 19.7 Å². The van der Waals surface area contributed by atoms with Gasteiger partial charge in [0.2, 0.25) is 17.7 Å². The quantitative estimate of drug-likeness (QED) is 0.783. The predicted octanol–water partition coefficient (Wildman–Crippen LogP) is 2.68. The molecule has 0 radical (unpaired) electrons. The molecule has 30 heavy (non-hydrogen) atoms. The Morgan fingerprint density at radius 1 is 1.13 bits per heavy atom. The molecule has 2 aromatic rings. The van der Waals surface area contributed by atoms with Crippen molar-refractivity contribution in [1.29, 1.82) is 0 Å². The first-order valence-corrected chi connectivity index (χ1v) is 10.4. The van der Waals surface area contributed by atoms with Crippen molar-refractivity contribution in [3.05, 3.63) is 36.2 Å². The van der Waals surface area contributed by atoms with Crippen molar-refractivity contribution in [3.8, 4) is 5.82 Å². The van der Waals surface area contributed by atoms with Gasteiger partial charge < -0.3 is 5.32 Å². The monoisotopic (exact) mass is 409 g/mol. The molecule has 2 atom stereocenters. The van der Waals surface area contributed by atoms with E-state index in [0.29, 0.717) is 11.6 Å². The SMILES string of the molecule is CC(C)(C)c1cc(NC(=O)CN2C(=O)C3CCCCC3C2=O)n(-c2ccccn2)n1. The van der Waals surface area contributed by atoms with Gasteiger partial charge in [-0.2, -0.15) is 9.78 Å². The van der Waals surface area contributed by atoms with Gasteiger partial charge in [0, 0.05) is 17.7 Å². The summed E-state index contributed by atoms with van der Waals surface area (Å²) in [4.78, 5) is 43.6. The molecule has 0 aromatic carbocycles. The maximum Gasteiger partial charge on any atom is 0.245 e. The number of imide groups is 1. The molecule has 3 amide bonds. The first-order valence-electron chi connectivity index (χ1n) is 10.4. The highest BCUT2D eigenvalue weighted by Crippen LogP contribution is 2.38. The summed E-state index contributed by atoms with van der Waals surface area (Å²) in [6.07, 6.45) is 5.03. The maximum atomic E-state index is 12.8. The zero-order valence-electron chi connectivity index (χ0n) is 17.6. The summed E-state index contributed by atoms with van der Waals surface area (Å²) < 4.78 is 1.58. The predicted molar refractivity (Wildman–Crippen MR) is 111 cm³/mol. The van der Waals surface area contributed by atoms with Crippen LogP contribution in [0.25, 0.3) is 5.82 Å². The topological polar surface area (TPSA) is 97.2 Å². The number of likely N-dealkylation sites (tertiary alicyclic amines) is 1. The number of pyridine rings is 1. The Morgan fingerprint density at radius 3 is 2.37 bits per heavy atom. The van der Waals surface area contributed by atoms with Gasteiger partial charge in [-0.3, -0.25) is 19.3 Å². The molecule has 0 spiro atoms. The van der Waals surface area contributed by atoms with E-state index in [1.165, 1.54) is 0 Å². The van der Waals surface area contributed by atoms with Gasteiger partial charge in [0.25, 0.3) is 0 Å². The van der Waals surface area contributed by atoms with Crippen LogP contribution in [0.1, 0.15) is 52.1 Å². The summed E-state index contributed by atoms with van der Waals surface area (Å²) in [6, 6.07) is 7.25. The molecule has 2 fully saturated rings. The lowest BCUT2D eigenvalue weighted by atomic mass is 9.81. The average molecular weight is 409 g/mol. The van der Waals surface area contributed by atoms with Crippen molar-refractivity contribution < 1.29 is 14.4 Å². The molecule has 3 heterocycles. The molecular formula is C22H27N5O3. The molecule has 1 saturated carbocycles. The van der Waals surface area contributed by atoms with Crippen LogP contribution in [0.5, 0.6) is 0 Å². The van der Waals surface area contributed by atoms with Crippen molar-refractivity contribution in [2.24, 2.45) is 11.8 Å². The Bertz CT molecular complexity index is 952. The zero-order valence-corrected chi connectivity index (χ0v) is 17.6. The van der Waals surface area contributed by atoms with Gasteiger partial charge >= 0.3 is 0 Å². The average Bonchev–Trinajstić information content (AvgIpc) is 3.24. The van der Waals surface area contributed by atoms with Crippen molar-refractivity contribution in [2.45, 2.75) is 51.9 Å². The van der Waals surface area contributed by atoms with Crippen LogP contribution in [-0.2, 0) is 19.8 Å². The second-order valence-corrected chi connectivity index (χ2v) is 9.07. The number of amides is 3. The minimum absolute atomic E-state index is 0.214.